The van der Waals surface area contributed by atoms with E-state index in [4.69, 9.17) is 4.74 Å². The summed E-state index contributed by atoms with van der Waals surface area (Å²) >= 11 is 0. The second kappa shape index (κ2) is 8.89. The van der Waals surface area contributed by atoms with Crippen LogP contribution in [-0.2, 0) is 14.3 Å². The molecule has 3 unspecified atom stereocenters. The van der Waals surface area contributed by atoms with Crippen LogP contribution in [0.25, 0.3) is 11.1 Å². The Bertz CT molecular complexity index is 1030. The summed E-state index contributed by atoms with van der Waals surface area (Å²) in [7, 11) is 0. The molecule has 0 heterocycles. The number of amides is 2. The van der Waals surface area contributed by atoms with E-state index in [1.807, 2.05) is 24.3 Å². The number of benzene rings is 2. The highest BCUT2D eigenvalue weighted by atomic mass is 16.5. The van der Waals surface area contributed by atoms with Gasteiger partial charge >= 0.3 is 12.1 Å². The Morgan fingerprint density at radius 3 is 2.18 bits per heavy atom. The summed E-state index contributed by atoms with van der Waals surface area (Å²) in [6.07, 6.45) is 3.07. The second-order valence-electron chi connectivity index (χ2n) is 9.28. The SMILES string of the molecule is O=C(NC(C(=O)NC1CCCC1C(=O)O)C1CC1)OCC1c2ccccc2-c2ccccc21. The van der Waals surface area contributed by atoms with Gasteiger partial charge in [-0.05, 0) is 53.9 Å². The molecule has 0 aliphatic heterocycles. The average molecular weight is 449 g/mol. The molecule has 2 fully saturated rings. The fourth-order valence-electron chi connectivity index (χ4n) is 5.29. The maximum atomic E-state index is 12.9. The molecule has 172 valence electrons. The van der Waals surface area contributed by atoms with Gasteiger partial charge in [0, 0.05) is 12.0 Å². The Hall–Kier alpha value is -3.35. The van der Waals surface area contributed by atoms with Crippen molar-refractivity contribution in [3.05, 3.63) is 59.7 Å². The van der Waals surface area contributed by atoms with Gasteiger partial charge in [0.15, 0.2) is 0 Å². The molecule has 33 heavy (non-hydrogen) atoms. The zero-order chi connectivity index (χ0) is 22.9. The number of carbonyl (C=O) groups is 3. The summed E-state index contributed by atoms with van der Waals surface area (Å²) in [5.74, 6) is -1.75. The maximum Gasteiger partial charge on any atom is 0.407 e. The van der Waals surface area contributed by atoms with Crippen LogP contribution in [0.5, 0.6) is 0 Å². The van der Waals surface area contributed by atoms with E-state index >= 15 is 0 Å². The van der Waals surface area contributed by atoms with Crippen LogP contribution in [0.2, 0.25) is 0 Å². The Morgan fingerprint density at radius 2 is 1.58 bits per heavy atom. The van der Waals surface area contributed by atoms with Gasteiger partial charge in [0.1, 0.15) is 12.6 Å². The molecule has 3 aliphatic rings. The molecule has 0 bridgehead atoms. The highest BCUT2D eigenvalue weighted by Crippen LogP contribution is 2.44. The molecule has 5 rings (SSSR count). The monoisotopic (exact) mass is 448 g/mol. The van der Waals surface area contributed by atoms with Crippen molar-refractivity contribution < 1.29 is 24.2 Å². The van der Waals surface area contributed by atoms with Gasteiger partial charge in [0.05, 0.1) is 5.92 Å². The van der Waals surface area contributed by atoms with Crippen molar-refractivity contribution in [2.24, 2.45) is 11.8 Å². The predicted molar refractivity (Wildman–Crippen MR) is 122 cm³/mol. The van der Waals surface area contributed by atoms with Crippen LogP contribution in [-0.4, -0.2) is 41.8 Å². The molecule has 0 saturated heterocycles. The summed E-state index contributed by atoms with van der Waals surface area (Å²) in [6, 6.07) is 15.2. The smallest absolute Gasteiger partial charge is 0.407 e. The number of alkyl carbamates (subject to hydrolysis) is 1. The molecule has 7 heteroatoms. The number of fused-ring (bicyclic) bond motifs is 3. The minimum Gasteiger partial charge on any atom is -0.481 e. The number of nitrogens with one attached hydrogen (secondary N) is 2. The van der Waals surface area contributed by atoms with Crippen molar-refractivity contribution in [3.63, 3.8) is 0 Å². The molecular weight excluding hydrogens is 420 g/mol. The maximum absolute atomic E-state index is 12.9. The lowest BCUT2D eigenvalue weighted by Gasteiger charge is -2.23. The van der Waals surface area contributed by atoms with E-state index in [-0.39, 0.29) is 30.4 Å². The normalized spacial score (nSPS) is 22.2. The highest BCUT2D eigenvalue weighted by molar-refractivity contribution is 5.87. The Balaban J connectivity index is 1.22. The average Bonchev–Trinajstić information content (AvgIpc) is 3.46. The number of carboxylic acid groups (broad SMARTS) is 1. The molecule has 0 spiro atoms. The highest BCUT2D eigenvalue weighted by Gasteiger charge is 2.41. The topological polar surface area (TPSA) is 105 Å². The van der Waals surface area contributed by atoms with Crippen LogP contribution in [0.4, 0.5) is 4.79 Å². The fourth-order valence-corrected chi connectivity index (χ4v) is 5.29. The predicted octanol–water partition coefficient (Wildman–Crippen LogP) is 3.67. The largest absolute Gasteiger partial charge is 0.481 e. The zero-order valence-electron chi connectivity index (χ0n) is 18.3. The van der Waals surface area contributed by atoms with E-state index in [1.165, 1.54) is 0 Å². The summed E-state index contributed by atoms with van der Waals surface area (Å²) in [5, 5.41) is 15.0. The lowest BCUT2D eigenvalue weighted by atomic mass is 9.98. The Labute approximate surface area is 192 Å². The third-order valence-electron chi connectivity index (χ3n) is 7.15. The Morgan fingerprint density at radius 1 is 0.939 bits per heavy atom. The quantitative estimate of drug-likeness (QED) is 0.599. The van der Waals surface area contributed by atoms with Crippen LogP contribution in [0, 0.1) is 11.8 Å². The lowest BCUT2D eigenvalue weighted by molar-refractivity contribution is -0.142. The first-order chi connectivity index (χ1) is 16.0. The van der Waals surface area contributed by atoms with Crippen molar-refractivity contribution >= 4 is 18.0 Å². The van der Waals surface area contributed by atoms with Crippen LogP contribution in [0.15, 0.2) is 48.5 Å². The molecule has 0 radical (unpaired) electrons. The molecule has 3 atom stereocenters. The summed E-state index contributed by atoms with van der Waals surface area (Å²) in [6.45, 7) is 0.183. The molecule has 7 nitrogen and oxygen atoms in total. The van der Waals surface area contributed by atoms with Gasteiger partial charge < -0.3 is 20.5 Å². The zero-order valence-corrected chi connectivity index (χ0v) is 18.3. The van der Waals surface area contributed by atoms with Crippen LogP contribution >= 0.6 is 0 Å². The minimum atomic E-state index is -0.884. The number of ether oxygens (including phenoxy) is 1. The molecule has 3 aliphatic carbocycles. The molecular formula is C26H28N2O5. The van der Waals surface area contributed by atoms with E-state index in [2.05, 4.69) is 34.9 Å². The number of aliphatic carboxylic acids is 1. The summed E-state index contributed by atoms with van der Waals surface area (Å²) in [4.78, 5) is 37.0. The van der Waals surface area contributed by atoms with Crippen molar-refractivity contribution in [2.45, 2.75) is 50.1 Å². The molecule has 2 amide bonds. The first-order valence-corrected chi connectivity index (χ1v) is 11.7. The van der Waals surface area contributed by atoms with Gasteiger partial charge in [-0.1, -0.05) is 55.0 Å². The van der Waals surface area contributed by atoms with E-state index in [0.717, 1.165) is 41.5 Å². The molecule has 2 aromatic carbocycles. The lowest BCUT2D eigenvalue weighted by Crippen LogP contribution is -2.52. The van der Waals surface area contributed by atoms with Crippen molar-refractivity contribution in [3.8, 4) is 11.1 Å². The van der Waals surface area contributed by atoms with Crippen molar-refractivity contribution in [1.82, 2.24) is 10.6 Å². The summed E-state index contributed by atoms with van der Waals surface area (Å²) in [5.41, 5.74) is 4.57. The van der Waals surface area contributed by atoms with Gasteiger partial charge in [0.2, 0.25) is 5.91 Å². The van der Waals surface area contributed by atoms with Crippen LogP contribution in [0.1, 0.15) is 49.1 Å². The fraction of sp³-hybridized carbons (Fsp3) is 0.423. The third-order valence-corrected chi connectivity index (χ3v) is 7.15. The Kier molecular flexibility index (Phi) is 5.79. The number of carboxylic acids is 1. The first kappa shape index (κ1) is 21.5. The number of rotatable bonds is 7. The van der Waals surface area contributed by atoms with Crippen LogP contribution in [0.3, 0.4) is 0 Å². The molecule has 3 N–H and O–H groups in total. The van der Waals surface area contributed by atoms with Gasteiger partial charge in [-0.15, -0.1) is 0 Å². The van der Waals surface area contributed by atoms with Gasteiger partial charge in [-0.25, -0.2) is 4.79 Å². The standard InChI is InChI=1S/C26H28N2O5/c29-24(27-22-11-5-10-20(22)25(30)31)23(15-12-13-15)28-26(32)33-14-21-18-8-3-1-6-16(18)17-7-2-4-9-19(17)21/h1-4,6-9,15,20-23H,5,10-14H2,(H,27,29)(H,28,32)(H,30,31). The number of carbonyl (C=O) groups excluding carboxylic acids is 2. The molecule has 2 aromatic rings. The van der Waals surface area contributed by atoms with Crippen molar-refractivity contribution in [2.75, 3.05) is 6.61 Å². The van der Waals surface area contributed by atoms with E-state index < -0.39 is 24.0 Å². The van der Waals surface area contributed by atoms with Gasteiger partial charge in [0.25, 0.3) is 0 Å². The van der Waals surface area contributed by atoms with E-state index in [0.29, 0.717) is 12.8 Å². The molecule has 0 aromatic heterocycles. The number of hydrogen-bond acceptors (Lipinski definition) is 4. The van der Waals surface area contributed by atoms with Crippen molar-refractivity contribution in [1.29, 1.82) is 0 Å². The molecule has 2 saturated carbocycles. The van der Waals surface area contributed by atoms with E-state index in [9.17, 15) is 19.5 Å². The number of hydrogen-bond donors (Lipinski definition) is 3. The van der Waals surface area contributed by atoms with Crippen LogP contribution < -0.4 is 10.6 Å². The van der Waals surface area contributed by atoms with Gasteiger partial charge in [-0.3, -0.25) is 9.59 Å². The third kappa shape index (κ3) is 4.32. The van der Waals surface area contributed by atoms with Gasteiger partial charge in [-0.2, -0.15) is 0 Å². The summed E-state index contributed by atoms with van der Waals surface area (Å²) < 4.78 is 5.60. The second-order valence-corrected chi connectivity index (χ2v) is 9.28. The minimum absolute atomic E-state index is 0.0498. The van der Waals surface area contributed by atoms with E-state index in [1.54, 1.807) is 0 Å². The first-order valence-electron chi connectivity index (χ1n) is 11.7.